The van der Waals surface area contributed by atoms with Crippen molar-refractivity contribution < 1.29 is 0 Å². The van der Waals surface area contributed by atoms with Gasteiger partial charge in [-0.1, -0.05) is 32.6 Å². The van der Waals surface area contributed by atoms with Crippen LogP contribution in [0.4, 0.5) is 0 Å². The third-order valence-electron chi connectivity index (χ3n) is 4.59. The van der Waals surface area contributed by atoms with Gasteiger partial charge >= 0.3 is 0 Å². The second-order valence-electron chi connectivity index (χ2n) is 5.73. The Labute approximate surface area is 95.0 Å². The van der Waals surface area contributed by atoms with E-state index in [0.717, 1.165) is 23.8 Å². The Morgan fingerprint density at radius 2 is 1.80 bits per heavy atom. The summed E-state index contributed by atoms with van der Waals surface area (Å²) in [4.78, 5) is 0. The van der Waals surface area contributed by atoms with Crippen LogP contribution >= 0.6 is 0 Å². The molecule has 1 nitrogen and oxygen atoms in total. The lowest BCUT2D eigenvalue weighted by molar-refractivity contribution is 0.326. The number of rotatable bonds is 7. The highest BCUT2D eigenvalue weighted by atomic mass is 14.9. The van der Waals surface area contributed by atoms with Crippen molar-refractivity contribution in [2.24, 2.45) is 17.8 Å². The molecule has 0 aromatic heterocycles. The Hall–Kier alpha value is -0.0400. The lowest BCUT2D eigenvalue weighted by Crippen LogP contribution is -2.32. The molecule has 0 radical (unpaired) electrons. The minimum atomic E-state index is 0.828. The van der Waals surface area contributed by atoms with Crippen LogP contribution < -0.4 is 5.32 Å². The number of nitrogens with one attached hydrogen (secondary N) is 1. The molecule has 1 heteroatoms. The first-order chi connectivity index (χ1) is 7.35. The van der Waals surface area contributed by atoms with Crippen molar-refractivity contribution in [1.29, 1.82) is 0 Å². The summed E-state index contributed by atoms with van der Waals surface area (Å²) < 4.78 is 0. The number of hydrogen-bond donors (Lipinski definition) is 1. The average Bonchev–Trinajstić information content (AvgIpc) is 2.86. The van der Waals surface area contributed by atoms with Gasteiger partial charge in [0.1, 0.15) is 0 Å². The average molecular weight is 209 g/mol. The zero-order valence-electron chi connectivity index (χ0n) is 10.5. The highest BCUT2D eigenvalue weighted by molar-refractivity contribution is 4.98. The molecule has 3 unspecified atom stereocenters. The minimum absolute atomic E-state index is 0.828. The van der Waals surface area contributed by atoms with Crippen molar-refractivity contribution in [1.82, 2.24) is 5.32 Å². The molecule has 0 spiro atoms. The topological polar surface area (TPSA) is 12.0 Å². The Bertz CT molecular complexity index is 180. The van der Waals surface area contributed by atoms with Crippen LogP contribution in [0.25, 0.3) is 0 Å². The molecule has 0 aliphatic heterocycles. The van der Waals surface area contributed by atoms with Gasteiger partial charge in [0.05, 0.1) is 0 Å². The molecule has 2 aliphatic carbocycles. The standard InChI is InChI=1S/C14H27N/c1-3-4-5-6-7-14(15-2)13-9-11-8-12(11)10-13/h11-15H,3-10H2,1-2H3. The molecule has 2 aliphatic rings. The Morgan fingerprint density at radius 1 is 1.07 bits per heavy atom. The summed E-state index contributed by atoms with van der Waals surface area (Å²) >= 11 is 0. The van der Waals surface area contributed by atoms with Gasteiger partial charge in [0.2, 0.25) is 0 Å². The molecule has 0 saturated heterocycles. The van der Waals surface area contributed by atoms with Crippen molar-refractivity contribution in [2.45, 2.75) is 64.3 Å². The monoisotopic (exact) mass is 209 g/mol. The molecule has 0 aromatic rings. The van der Waals surface area contributed by atoms with E-state index in [1.165, 1.54) is 44.9 Å². The summed E-state index contributed by atoms with van der Waals surface area (Å²) in [6, 6.07) is 0.828. The van der Waals surface area contributed by atoms with E-state index < -0.39 is 0 Å². The maximum absolute atomic E-state index is 3.56. The first kappa shape index (κ1) is 11.4. The molecule has 0 bridgehead atoms. The van der Waals surface area contributed by atoms with Gasteiger partial charge in [0.15, 0.2) is 0 Å². The van der Waals surface area contributed by atoms with E-state index in [-0.39, 0.29) is 0 Å². The molecule has 88 valence electrons. The van der Waals surface area contributed by atoms with E-state index >= 15 is 0 Å². The van der Waals surface area contributed by atoms with Crippen LogP contribution in [-0.4, -0.2) is 13.1 Å². The van der Waals surface area contributed by atoms with Crippen LogP contribution in [0.2, 0.25) is 0 Å². The molecule has 2 saturated carbocycles. The van der Waals surface area contributed by atoms with E-state index in [4.69, 9.17) is 0 Å². The van der Waals surface area contributed by atoms with E-state index in [2.05, 4.69) is 19.3 Å². The minimum Gasteiger partial charge on any atom is -0.317 e. The Balaban J connectivity index is 1.63. The lowest BCUT2D eigenvalue weighted by atomic mass is 9.90. The first-order valence-electron chi connectivity index (χ1n) is 7.02. The zero-order chi connectivity index (χ0) is 10.7. The number of hydrogen-bond acceptors (Lipinski definition) is 1. The zero-order valence-corrected chi connectivity index (χ0v) is 10.5. The van der Waals surface area contributed by atoms with Crippen molar-refractivity contribution in [2.75, 3.05) is 7.05 Å². The summed E-state index contributed by atoms with van der Waals surface area (Å²) in [5.41, 5.74) is 0. The Morgan fingerprint density at radius 3 is 2.40 bits per heavy atom. The first-order valence-corrected chi connectivity index (χ1v) is 7.02. The third-order valence-corrected chi connectivity index (χ3v) is 4.59. The van der Waals surface area contributed by atoms with Gasteiger partial charge in [-0.25, -0.2) is 0 Å². The molecule has 15 heavy (non-hydrogen) atoms. The fraction of sp³-hybridized carbons (Fsp3) is 1.00. The van der Waals surface area contributed by atoms with Gasteiger partial charge < -0.3 is 5.32 Å². The van der Waals surface area contributed by atoms with Crippen LogP contribution in [0.1, 0.15) is 58.3 Å². The van der Waals surface area contributed by atoms with Crippen LogP contribution in [0.5, 0.6) is 0 Å². The Kier molecular flexibility index (Phi) is 4.07. The van der Waals surface area contributed by atoms with Gasteiger partial charge in [-0.2, -0.15) is 0 Å². The van der Waals surface area contributed by atoms with Gasteiger partial charge in [-0.15, -0.1) is 0 Å². The number of fused-ring (bicyclic) bond motifs is 1. The van der Waals surface area contributed by atoms with E-state index in [1.54, 1.807) is 6.42 Å². The van der Waals surface area contributed by atoms with Gasteiger partial charge in [-0.05, 0) is 50.5 Å². The maximum atomic E-state index is 3.56. The molecule has 0 aromatic carbocycles. The smallest absolute Gasteiger partial charge is 0.00925 e. The van der Waals surface area contributed by atoms with Crippen LogP contribution in [-0.2, 0) is 0 Å². The van der Waals surface area contributed by atoms with E-state index in [9.17, 15) is 0 Å². The van der Waals surface area contributed by atoms with Crippen LogP contribution in [0.15, 0.2) is 0 Å². The predicted molar refractivity (Wildman–Crippen MR) is 65.9 cm³/mol. The van der Waals surface area contributed by atoms with Crippen LogP contribution in [0.3, 0.4) is 0 Å². The van der Waals surface area contributed by atoms with Gasteiger partial charge in [-0.3, -0.25) is 0 Å². The molecule has 0 heterocycles. The largest absolute Gasteiger partial charge is 0.317 e. The molecular formula is C14H27N. The highest BCUT2D eigenvalue weighted by Gasteiger charge is 2.47. The predicted octanol–water partition coefficient (Wildman–Crippen LogP) is 3.59. The summed E-state index contributed by atoms with van der Waals surface area (Å²) in [7, 11) is 2.16. The molecule has 2 fully saturated rings. The SMILES string of the molecule is CCCCCCC(NC)C1CC2CC2C1. The molecule has 3 atom stereocenters. The quantitative estimate of drug-likeness (QED) is 0.632. The fourth-order valence-electron chi connectivity index (χ4n) is 3.50. The maximum Gasteiger partial charge on any atom is 0.00925 e. The highest BCUT2D eigenvalue weighted by Crippen LogP contribution is 2.55. The summed E-state index contributed by atoms with van der Waals surface area (Å²) in [6.45, 7) is 2.29. The van der Waals surface area contributed by atoms with Gasteiger partial charge in [0, 0.05) is 6.04 Å². The fourth-order valence-corrected chi connectivity index (χ4v) is 3.50. The van der Waals surface area contributed by atoms with E-state index in [1.807, 2.05) is 0 Å². The molecule has 1 N–H and O–H groups in total. The molecule has 2 rings (SSSR count). The van der Waals surface area contributed by atoms with Crippen molar-refractivity contribution in [3.63, 3.8) is 0 Å². The van der Waals surface area contributed by atoms with Crippen LogP contribution in [0, 0.1) is 17.8 Å². The lowest BCUT2D eigenvalue weighted by Gasteiger charge is -2.24. The van der Waals surface area contributed by atoms with Crippen molar-refractivity contribution in [3.8, 4) is 0 Å². The third kappa shape index (κ3) is 2.96. The van der Waals surface area contributed by atoms with Gasteiger partial charge in [0.25, 0.3) is 0 Å². The second-order valence-corrected chi connectivity index (χ2v) is 5.73. The van der Waals surface area contributed by atoms with Crippen molar-refractivity contribution in [3.05, 3.63) is 0 Å². The molecular weight excluding hydrogens is 182 g/mol. The number of unbranched alkanes of at least 4 members (excludes halogenated alkanes) is 3. The summed E-state index contributed by atoms with van der Waals surface area (Å²) in [6.07, 6.45) is 11.7. The normalized spacial score (nSPS) is 35.2. The summed E-state index contributed by atoms with van der Waals surface area (Å²) in [5, 5.41) is 3.56. The van der Waals surface area contributed by atoms with Crippen molar-refractivity contribution >= 4 is 0 Å². The van der Waals surface area contributed by atoms with E-state index in [0.29, 0.717) is 0 Å². The molecule has 0 amide bonds. The summed E-state index contributed by atoms with van der Waals surface area (Å²) in [5.74, 6) is 3.29. The second kappa shape index (κ2) is 5.34.